The molecule has 0 atom stereocenters. The minimum absolute atomic E-state index is 0.0126. The molecule has 0 saturated carbocycles. The van der Waals surface area contributed by atoms with E-state index in [0.717, 1.165) is 6.07 Å². The second-order valence-corrected chi connectivity index (χ2v) is 7.45. The maximum absolute atomic E-state index is 13.5. The highest BCUT2D eigenvalue weighted by atomic mass is 19.4. The SMILES string of the molecule is CC(C)(C)c1cc(C(F)(F)F)n2nc(C(=O)NCCCn3cccn3)cc2n1. The van der Waals surface area contributed by atoms with Crippen LogP contribution in [-0.4, -0.2) is 36.8 Å². The largest absolute Gasteiger partial charge is 0.433 e. The van der Waals surface area contributed by atoms with Gasteiger partial charge in [-0.3, -0.25) is 9.48 Å². The summed E-state index contributed by atoms with van der Waals surface area (Å²) in [4.78, 5) is 16.6. The van der Waals surface area contributed by atoms with Gasteiger partial charge >= 0.3 is 6.18 Å². The molecule has 7 nitrogen and oxygen atoms in total. The molecule has 3 aromatic rings. The van der Waals surface area contributed by atoms with Crippen LogP contribution < -0.4 is 5.32 Å². The summed E-state index contributed by atoms with van der Waals surface area (Å²) in [6, 6.07) is 4.05. The summed E-state index contributed by atoms with van der Waals surface area (Å²) in [5.41, 5.74) is -1.39. The van der Waals surface area contributed by atoms with Crippen LogP contribution in [0.25, 0.3) is 5.65 Å². The first-order valence-electron chi connectivity index (χ1n) is 8.80. The number of hydrogen-bond donors (Lipinski definition) is 1. The Morgan fingerprint density at radius 2 is 1.96 bits per heavy atom. The number of rotatable bonds is 5. The van der Waals surface area contributed by atoms with Gasteiger partial charge in [-0.05, 0) is 18.6 Å². The second kappa shape index (κ2) is 7.25. The van der Waals surface area contributed by atoms with E-state index < -0.39 is 23.2 Å². The topological polar surface area (TPSA) is 77.1 Å². The molecule has 3 rings (SSSR count). The molecule has 0 fully saturated rings. The quantitative estimate of drug-likeness (QED) is 0.675. The van der Waals surface area contributed by atoms with Crippen molar-refractivity contribution >= 4 is 11.6 Å². The lowest BCUT2D eigenvalue weighted by atomic mass is 9.91. The Labute approximate surface area is 159 Å². The van der Waals surface area contributed by atoms with Crippen LogP contribution >= 0.6 is 0 Å². The van der Waals surface area contributed by atoms with Crippen molar-refractivity contribution in [3.8, 4) is 0 Å². The molecule has 0 bridgehead atoms. The van der Waals surface area contributed by atoms with E-state index in [0.29, 0.717) is 24.0 Å². The number of fused-ring (bicyclic) bond motifs is 1. The average Bonchev–Trinajstić information content (AvgIpc) is 3.24. The van der Waals surface area contributed by atoms with Crippen molar-refractivity contribution < 1.29 is 18.0 Å². The molecule has 0 aliphatic carbocycles. The monoisotopic (exact) mass is 394 g/mol. The number of aromatic nitrogens is 5. The van der Waals surface area contributed by atoms with E-state index in [4.69, 9.17) is 0 Å². The number of amides is 1. The number of carbonyl (C=O) groups is 1. The van der Waals surface area contributed by atoms with Crippen LogP contribution in [0.1, 0.15) is 49.1 Å². The molecule has 0 aliphatic rings. The van der Waals surface area contributed by atoms with Gasteiger partial charge in [-0.15, -0.1) is 0 Å². The van der Waals surface area contributed by atoms with Crippen molar-refractivity contribution in [2.45, 2.75) is 45.3 Å². The Morgan fingerprint density at radius 3 is 2.57 bits per heavy atom. The van der Waals surface area contributed by atoms with Crippen molar-refractivity contribution in [3.05, 3.63) is 47.7 Å². The van der Waals surface area contributed by atoms with Gasteiger partial charge in [-0.1, -0.05) is 20.8 Å². The van der Waals surface area contributed by atoms with Gasteiger partial charge in [0.1, 0.15) is 5.69 Å². The number of aryl methyl sites for hydroxylation is 1. The van der Waals surface area contributed by atoms with Gasteiger partial charge in [0.15, 0.2) is 11.3 Å². The van der Waals surface area contributed by atoms with E-state index in [2.05, 4.69) is 20.5 Å². The highest BCUT2D eigenvalue weighted by molar-refractivity contribution is 5.93. The molecule has 1 N–H and O–H groups in total. The third kappa shape index (κ3) is 4.32. The fraction of sp³-hybridized carbons (Fsp3) is 0.444. The summed E-state index contributed by atoms with van der Waals surface area (Å²) in [5, 5.41) is 10.5. The third-order valence-corrected chi connectivity index (χ3v) is 4.13. The summed E-state index contributed by atoms with van der Waals surface area (Å²) in [6.07, 6.45) is -0.529. The molecule has 28 heavy (non-hydrogen) atoms. The fourth-order valence-corrected chi connectivity index (χ4v) is 2.64. The number of nitrogens with zero attached hydrogens (tertiary/aromatic N) is 5. The Balaban J connectivity index is 1.81. The van der Waals surface area contributed by atoms with Crippen LogP contribution in [0.15, 0.2) is 30.6 Å². The van der Waals surface area contributed by atoms with Crippen molar-refractivity contribution in [2.75, 3.05) is 6.54 Å². The second-order valence-electron chi connectivity index (χ2n) is 7.45. The summed E-state index contributed by atoms with van der Waals surface area (Å²) < 4.78 is 42.8. The normalized spacial score (nSPS) is 12.5. The number of halogens is 3. The molecule has 0 aromatic carbocycles. The molecule has 0 spiro atoms. The highest BCUT2D eigenvalue weighted by Gasteiger charge is 2.36. The first-order valence-corrected chi connectivity index (χ1v) is 8.80. The molecular formula is C18H21F3N6O. The Morgan fingerprint density at radius 1 is 1.21 bits per heavy atom. The average molecular weight is 394 g/mol. The number of hydrogen-bond acceptors (Lipinski definition) is 4. The standard InChI is InChI=1S/C18H21F3N6O/c1-17(2,3)13-11-14(18(19,20)21)27-15(24-13)10-12(25-27)16(28)22-6-4-8-26-9-5-7-23-26/h5,7,9-11H,4,6,8H2,1-3H3,(H,22,28). The Kier molecular flexibility index (Phi) is 5.14. The lowest BCUT2D eigenvalue weighted by molar-refractivity contribution is -0.142. The smallest absolute Gasteiger partial charge is 0.351 e. The van der Waals surface area contributed by atoms with Crippen molar-refractivity contribution in [1.82, 2.24) is 29.7 Å². The number of alkyl halides is 3. The van der Waals surface area contributed by atoms with Gasteiger partial charge in [0.2, 0.25) is 0 Å². The lowest BCUT2D eigenvalue weighted by Gasteiger charge is -2.19. The predicted octanol–water partition coefficient (Wildman–Crippen LogP) is 3.06. The van der Waals surface area contributed by atoms with Gasteiger partial charge in [0, 0.05) is 37.0 Å². The zero-order valence-electron chi connectivity index (χ0n) is 15.8. The zero-order chi connectivity index (χ0) is 20.5. The molecule has 1 amide bonds. The van der Waals surface area contributed by atoms with Crippen LogP contribution in [0.3, 0.4) is 0 Å². The number of nitrogens with one attached hydrogen (secondary N) is 1. The molecule has 0 unspecified atom stereocenters. The Hall–Kier alpha value is -2.91. The summed E-state index contributed by atoms with van der Waals surface area (Å²) in [7, 11) is 0. The van der Waals surface area contributed by atoms with E-state index in [1.165, 1.54) is 6.07 Å². The van der Waals surface area contributed by atoms with E-state index in [-0.39, 0.29) is 17.0 Å². The van der Waals surface area contributed by atoms with Gasteiger partial charge < -0.3 is 5.32 Å². The van der Waals surface area contributed by atoms with Gasteiger partial charge in [0.05, 0.1) is 5.69 Å². The lowest BCUT2D eigenvalue weighted by Crippen LogP contribution is -2.26. The first-order chi connectivity index (χ1) is 13.1. The predicted molar refractivity (Wildman–Crippen MR) is 95.9 cm³/mol. The summed E-state index contributed by atoms with van der Waals surface area (Å²) >= 11 is 0. The first kappa shape index (κ1) is 19.8. The van der Waals surface area contributed by atoms with Crippen LogP contribution in [-0.2, 0) is 18.1 Å². The molecule has 0 radical (unpaired) electrons. The molecule has 3 heterocycles. The minimum Gasteiger partial charge on any atom is -0.351 e. The van der Waals surface area contributed by atoms with E-state index in [1.807, 2.05) is 0 Å². The van der Waals surface area contributed by atoms with Crippen molar-refractivity contribution in [3.63, 3.8) is 0 Å². The number of carbonyl (C=O) groups excluding carboxylic acids is 1. The maximum Gasteiger partial charge on any atom is 0.433 e. The summed E-state index contributed by atoms with van der Waals surface area (Å²) in [5.74, 6) is -0.545. The highest BCUT2D eigenvalue weighted by Crippen LogP contribution is 2.32. The van der Waals surface area contributed by atoms with Crippen LogP contribution in [0.2, 0.25) is 0 Å². The minimum atomic E-state index is -4.62. The third-order valence-electron chi connectivity index (χ3n) is 4.13. The van der Waals surface area contributed by atoms with Gasteiger partial charge in [0.25, 0.3) is 5.91 Å². The van der Waals surface area contributed by atoms with Gasteiger partial charge in [-0.25, -0.2) is 9.50 Å². The van der Waals surface area contributed by atoms with Crippen molar-refractivity contribution in [2.24, 2.45) is 0 Å². The zero-order valence-corrected chi connectivity index (χ0v) is 15.8. The fourth-order valence-electron chi connectivity index (χ4n) is 2.64. The molecular weight excluding hydrogens is 373 g/mol. The molecule has 3 aromatic heterocycles. The summed E-state index contributed by atoms with van der Waals surface area (Å²) in [6.45, 7) is 6.28. The van der Waals surface area contributed by atoms with Crippen molar-refractivity contribution in [1.29, 1.82) is 0 Å². The Bertz CT molecular complexity index is 970. The van der Waals surface area contributed by atoms with Crippen LogP contribution in [0, 0.1) is 0 Å². The van der Waals surface area contributed by atoms with Gasteiger partial charge in [-0.2, -0.15) is 23.4 Å². The molecule has 10 heteroatoms. The van der Waals surface area contributed by atoms with E-state index >= 15 is 0 Å². The van der Waals surface area contributed by atoms with E-state index in [9.17, 15) is 18.0 Å². The maximum atomic E-state index is 13.5. The molecule has 0 aliphatic heterocycles. The van der Waals surface area contributed by atoms with Crippen LogP contribution in [0.5, 0.6) is 0 Å². The molecule has 150 valence electrons. The van der Waals surface area contributed by atoms with E-state index in [1.54, 1.807) is 43.9 Å². The van der Waals surface area contributed by atoms with Crippen LogP contribution in [0.4, 0.5) is 13.2 Å². The molecule has 0 saturated heterocycles.